The molecule has 3 N–H and O–H groups in total. The summed E-state index contributed by atoms with van der Waals surface area (Å²) in [5, 5.41) is 0.101. The molecule has 0 saturated heterocycles. The molecule has 0 bridgehead atoms. The third-order valence-corrected chi connectivity index (χ3v) is 4.50. The minimum absolute atomic E-state index is 0.0300. The molecule has 0 amide bonds. The van der Waals surface area contributed by atoms with Crippen molar-refractivity contribution in [3.05, 3.63) is 47.4 Å². The van der Waals surface area contributed by atoms with Crippen molar-refractivity contribution in [3.63, 3.8) is 0 Å². The van der Waals surface area contributed by atoms with E-state index in [2.05, 4.69) is 14.7 Å². The molecule has 1 unspecified atom stereocenters. The minimum atomic E-state index is -3.72. The van der Waals surface area contributed by atoms with E-state index in [1.54, 1.807) is 31.5 Å². The van der Waals surface area contributed by atoms with E-state index >= 15 is 0 Å². The lowest BCUT2D eigenvalue weighted by molar-refractivity contribution is 0.566. The van der Waals surface area contributed by atoms with Crippen molar-refractivity contribution in [1.82, 2.24) is 14.7 Å². The summed E-state index contributed by atoms with van der Waals surface area (Å²) in [6.07, 6.45) is 4.37. The van der Waals surface area contributed by atoms with Gasteiger partial charge in [-0.3, -0.25) is 4.98 Å². The molecule has 0 aromatic carbocycles. The summed E-state index contributed by atoms with van der Waals surface area (Å²) in [7, 11) is -3.72. The maximum absolute atomic E-state index is 12.2. The predicted molar refractivity (Wildman–Crippen MR) is 76.6 cm³/mol. The van der Waals surface area contributed by atoms with Crippen LogP contribution in [0.2, 0.25) is 5.02 Å². The fraction of sp³-hybridized carbons (Fsp3) is 0.167. The van der Waals surface area contributed by atoms with E-state index in [0.717, 1.165) is 5.56 Å². The van der Waals surface area contributed by atoms with E-state index in [4.69, 9.17) is 17.3 Å². The molecule has 0 saturated carbocycles. The lowest BCUT2D eigenvalue weighted by Crippen LogP contribution is -2.27. The zero-order valence-electron chi connectivity index (χ0n) is 10.6. The van der Waals surface area contributed by atoms with Crippen LogP contribution in [0.4, 0.5) is 5.82 Å². The van der Waals surface area contributed by atoms with Gasteiger partial charge in [-0.15, -0.1) is 0 Å². The highest BCUT2D eigenvalue weighted by molar-refractivity contribution is 7.89. The largest absolute Gasteiger partial charge is 0.382 e. The fourth-order valence-corrected chi connectivity index (χ4v) is 3.03. The Morgan fingerprint density at radius 1 is 1.35 bits per heavy atom. The maximum Gasteiger partial charge on any atom is 0.242 e. The molecule has 0 fully saturated rings. The summed E-state index contributed by atoms with van der Waals surface area (Å²) in [5.74, 6) is 0.0906. The van der Waals surface area contributed by atoms with Crippen LogP contribution in [0, 0.1) is 0 Å². The van der Waals surface area contributed by atoms with E-state index in [1.807, 2.05) is 0 Å². The summed E-state index contributed by atoms with van der Waals surface area (Å²) >= 11 is 5.79. The number of pyridine rings is 2. The van der Waals surface area contributed by atoms with E-state index in [-0.39, 0.29) is 15.7 Å². The van der Waals surface area contributed by atoms with Gasteiger partial charge < -0.3 is 5.73 Å². The van der Waals surface area contributed by atoms with Crippen molar-refractivity contribution >= 4 is 27.4 Å². The van der Waals surface area contributed by atoms with Gasteiger partial charge in [0.2, 0.25) is 10.0 Å². The van der Waals surface area contributed by atoms with Crippen LogP contribution in [-0.2, 0) is 10.0 Å². The summed E-state index contributed by atoms with van der Waals surface area (Å²) in [6, 6.07) is 4.34. The number of nitrogen functional groups attached to an aromatic ring is 1. The quantitative estimate of drug-likeness (QED) is 0.896. The number of nitrogens with zero attached hydrogens (tertiary/aromatic N) is 2. The molecule has 6 nitrogen and oxygen atoms in total. The lowest BCUT2D eigenvalue weighted by atomic mass is 10.1. The molecule has 2 aromatic heterocycles. The molecule has 20 heavy (non-hydrogen) atoms. The molecule has 0 aliphatic heterocycles. The number of nitrogens with one attached hydrogen (secondary N) is 1. The Hall–Kier alpha value is -1.70. The van der Waals surface area contributed by atoms with Crippen molar-refractivity contribution < 1.29 is 8.42 Å². The first-order chi connectivity index (χ1) is 9.40. The van der Waals surface area contributed by atoms with Crippen LogP contribution in [-0.4, -0.2) is 18.4 Å². The maximum atomic E-state index is 12.2. The Morgan fingerprint density at radius 3 is 2.60 bits per heavy atom. The molecule has 0 spiro atoms. The Kier molecular flexibility index (Phi) is 4.22. The Labute approximate surface area is 122 Å². The molecule has 2 rings (SSSR count). The average Bonchev–Trinajstić information content (AvgIpc) is 2.42. The second kappa shape index (κ2) is 5.74. The molecule has 1 atom stereocenters. The number of anilines is 1. The van der Waals surface area contributed by atoms with Crippen LogP contribution in [0.15, 0.2) is 41.7 Å². The van der Waals surface area contributed by atoms with Crippen molar-refractivity contribution in [3.8, 4) is 0 Å². The van der Waals surface area contributed by atoms with Crippen molar-refractivity contribution in [1.29, 1.82) is 0 Å². The van der Waals surface area contributed by atoms with Crippen LogP contribution in [0.1, 0.15) is 18.5 Å². The van der Waals surface area contributed by atoms with Crippen molar-refractivity contribution in [2.24, 2.45) is 0 Å². The molecule has 2 aromatic rings. The van der Waals surface area contributed by atoms with E-state index in [1.165, 1.54) is 12.3 Å². The number of rotatable bonds is 4. The highest BCUT2D eigenvalue weighted by Crippen LogP contribution is 2.21. The number of nitrogens with two attached hydrogens (primary N) is 1. The number of hydrogen-bond acceptors (Lipinski definition) is 5. The highest BCUT2D eigenvalue weighted by Gasteiger charge is 2.19. The van der Waals surface area contributed by atoms with Gasteiger partial charge in [-0.05, 0) is 30.7 Å². The van der Waals surface area contributed by atoms with Gasteiger partial charge in [-0.25, -0.2) is 18.1 Å². The summed E-state index contributed by atoms with van der Waals surface area (Å²) in [6.45, 7) is 1.74. The second-order valence-corrected chi connectivity index (χ2v) is 6.28. The molecule has 0 radical (unpaired) electrons. The first-order valence-corrected chi connectivity index (χ1v) is 7.59. The first kappa shape index (κ1) is 14.7. The zero-order chi connectivity index (χ0) is 14.8. The van der Waals surface area contributed by atoms with E-state index in [0.29, 0.717) is 0 Å². The topological polar surface area (TPSA) is 98.0 Å². The number of sulfonamides is 1. The molecule has 2 heterocycles. The highest BCUT2D eigenvalue weighted by atomic mass is 35.5. The number of aromatic nitrogens is 2. The first-order valence-electron chi connectivity index (χ1n) is 5.73. The van der Waals surface area contributed by atoms with Gasteiger partial charge in [-0.2, -0.15) is 0 Å². The fourth-order valence-electron chi connectivity index (χ4n) is 1.60. The zero-order valence-corrected chi connectivity index (χ0v) is 12.2. The number of halogens is 1. The van der Waals surface area contributed by atoms with Gasteiger partial charge >= 0.3 is 0 Å². The van der Waals surface area contributed by atoms with Crippen LogP contribution in [0.3, 0.4) is 0 Å². The van der Waals surface area contributed by atoms with Gasteiger partial charge in [0.25, 0.3) is 0 Å². The van der Waals surface area contributed by atoms with Gasteiger partial charge in [0, 0.05) is 24.6 Å². The van der Waals surface area contributed by atoms with Gasteiger partial charge in [0.1, 0.15) is 10.7 Å². The Balaban J connectivity index is 2.25. The lowest BCUT2D eigenvalue weighted by Gasteiger charge is -2.14. The summed E-state index contributed by atoms with van der Waals surface area (Å²) in [4.78, 5) is 7.60. The molecule has 0 aliphatic rings. The minimum Gasteiger partial charge on any atom is -0.382 e. The third kappa shape index (κ3) is 3.24. The van der Waals surface area contributed by atoms with Gasteiger partial charge in [-0.1, -0.05) is 11.6 Å². The van der Waals surface area contributed by atoms with Crippen LogP contribution >= 0.6 is 11.6 Å². The molecule has 8 heteroatoms. The standard InChI is InChI=1S/C12H13ClN4O2S/c1-8(9-2-4-15-5-3-9)17-20(18,19)10-6-11(13)12(14)16-7-10/h2-8,17H,1H3,(H2,14,16). The van der Waals surface area contributed by atoms with E-state index < -0.39 is 16.1 Å². The van der Waals surface area contributed by atoms with Crippen molar-refractivity contribution in [2.75, 3.05) is 5.73 Å². The normalized spacial score (nSPS) is 13.1. The SMILES string of the molecule is CC(NS(=O)(=O)c1cnc(N)c(Cl)c1)c1ccncc1. The summed E-state index contributed by atoms with van der Waals surface area (Å²) < 4.78 is 27.0. The molecule has 106 valence electrons. The van der Waals surface area contributed by atoms with Gasteiger partial charge in [0.05, 0.1) is 5.02 Å². The van der Waals surface area contributed by atoms with Crippen LogP contribution in [0.25, 0.3) is 0 Å². The summed E-state index contributed by atoms with van der Waals surface area (Å²) in [5.41, 5.74) is 6.26. The van der Waals surface area contributed by atoms with E-state index in [9.17, 15) is 8.42 Å². The third-order valence-electron chi connectivity index (χ3n) is 2.69. The molecule has 0 aliphatic carbocycles. The monoisotopic (exact) mass is 312 g/mol. The molecular formula is C12H13ClN4O2S. The Morgan fingerprint density at radius 2 is 2.00 bits per heavy atom. The number of hydrogen-bond donors (Lipinski definition) is 2. The van der Waals surface area contributed by atoms with Crippen LogP contribution < -0.4 is 10.5 Å². The molecular weight excluding hydrogens is 300 g/mol. The second-order valence-electron chi connectivity index (χ2n) is 4.16. The average molecular weight is 313 g/mol. The van der Waals surface area contributed by atoms with Gasteiger partial charge in [0.15, 0.2) is 0 Å². The smallest absolute Gasteiger partial charge is 0.242 e. The van der Waals surface area contributed by atoms with Crippen molar-refractivity contribution in [2.45, 2.75) is 17.9 Å². The Bertz CT molecular complexity index is 707. The predicted octanol–water partition coefficient (Wildman–Crippen LogP) is 1.75. The van der Waals surface area contributed by atoms with Crippen LogP contribution in [0.5, 0.6) is 0 Å².